The van der Waals surface area contributed by atoms with Crippen molar-refractivity contribution in [1.29, 1.82) is 0 Å². The first-order valence-corrected chi connectivity index (χ1v) is 4.66. The SMILES string of the molecule is CC=C(C)CC=Cc1ccccc1. The molecule has 0 aliphatic heterocycles. The summed E-state index contributed by atoms with van der Waals surface area (Å²) >= 11 is 0. The number of hydrogen-bond donors (Lipinski definition) is 0. The highest BCUT2D eigenvalue weighted by molar-refractivity contribution is 5.49. The molecule has 0 heteroatoms. The molecule has 0 amide bonds. The van der Waals surface area contributed by atoms with Gasteiger partial charge in [-0.3, -0.25) is 0 Å². The summed E-state index contributed by atoms with van der Waals surface area (Å²) in [6.45, 7) is 4.22. The lowest BCUT2D eigenvalue weighted by molar-refractivity contribution is 1.21. The number of allylic oxidation sites excluding steroid dienone is 3. The van der Waals surface area contributed by atoms with Crippen LogP contribution in [-0.4, -0.2) is 0 Å². The van der Waals surface area contributed by atoms with E-state index in [-0.39, 0.29) is 0 Å². The fourth-order valence-corrected chi connectivity index (χ4v) is 1.06. The summed E-state index contributed by atoms with van der Waals surface area (Å²) in [5.74, 6) is 0. The van der Waals surface area contributed by atoms with E-state index in [4.69, 9.17) is 0 Å². The van der Waals surface area contributed by atoms with Crippen molar-refractivity contribution in [3.8, 4) is 0 Å². The summed E-state index contributed by atoms with van der Waals surface area (Å²) in [7, 11) is 0. The van der Waals surface area contributed by atoms with E-state index in [2.05, 4.69) is 56.3 Å². The van der Waals surface area contributed by atoms with Crippen molar-refractivity contribution >= 4 is 6.08 Å². The van der Waals surface area contributed by atoms with Crippen molar-refractivity contribution in [3.63, 3.8) is 0 Å². The topological polar surface area (TPSA) is 0 Å². The molecule has 0 N–H and O–H groups in total. The van der Waals surface area contributed by atoms with Gasteiger partial charge < -0.3 is 0 Å². The molecule has 0 aromatic heterocycles. The first-order valence-electron chi connectivity index (χ1n) is 4.66. The van der Waals surface area contributed by atoms with Gasteiger partial charge >= 0.3 is 0 Å². The molecule has 0 nitrogen and oxygen atoms in total. The first kappa shape index (κ1) is 9.79. The van der Waals surface area contributed by atoms with Gasteiger partial charge in [0.15, 0.2) is 0 Å². The smallest absolute Gasteiger partial charge is 0.0138 e. The number of hydrogen-bond acceptors (Lipinski definition) is 0. The zero-order chi connectivity index (χ0) is 9.52. The van der Waals surface area contributed by atoms with Crippen LogP contribution in [0.25, 0.3) is 6.08 Å². The minimum absolute atomic E-state index is 1.05. The zero-order valence-corrected chi connectivity index (χ0v) is 8.33. The summed E-state index contributed by atoms with van der Waals surface area (Å²) < 4.78 is 0. The first-order chi connectivity index (χ1) is 6.33. The largest absolute Gasteiger partial charge is 0.0884 e. The van der Waals surface area contributed by atoms with E-state index in [0.717, 1.165) is 6.42 Å². The molecular weight excluding hydrogens is 156 g/mol. The average molecular weight is 172 g/mol. The monoisotopic (exact) mass is 172 g/mol. The fraction of sp³-hybridized carbons (Fsp3) is 0.231. The molecule has 0 bridgehead atoms. The molecule has 68 valence electrons. The van der Waals surface area contributed by atoms with Gasteiger partial charge in [-0.25, -0.2) is 0 Å². The van der Waals surface area contributed by atoms with Gasteiger partial charge in [-0.15, -0.1) is 0 Å². The van der Waals surface area contributed by atoms with Gasteiger partial charge in [-0.2, -0.15) is 0 Å². The molecule has 1 aromatic rings. The third-order valence-electron chi connectivity index (χ3n) is 2.04. The van der Waals surface area contributed by atoms with Crippen LogP contribution >= 0.6 is 0 Å². The van der Waals surface area contributed by atoms with Crippen LogP contribution in [0.2, 0.25) is 0 Å². The maximum absolute atomic E-state index is 2.20. The van der Waals surface area contributed by atoms with Crippen LogP contribution in [0.3, 0.4) is 0 Å². The summed E-state index contributed by atoms with van der Waals surface area (Å²) in [4.78, 5) is 0. The molecule has 0 saturated carbocycles. The van der Waals surface area contributed by atoms with E-state index in [1.54, 1.807) is 0 Å². The predicted molar refractivity (Wildman–Crippen MR) is 59.5 cm³/mol. The van der Waals surface area contributed by atoms with Crippen molar-refractivity contribution in [2.75, 3.05) is 0 Å². The Kier molecular flexibility index (Phi) is 4.04. The zero-order valence-electron chi connectivity index (χ0n) is 8.33. The van der Waals surface area contributed by atoms with E-state index >= 15 is 0 Å². The Morgan fingerprint density at radius 2 is 1.92 bits per heavy atom. The van der Waals surface area contributed by atoms with E-state index in [9.17, 15) is 0 Å². The molecule has 0 fully saturated rings. The minimum Gasteiger partial charge on any atom is -0.0884 e. The van der Waals surface area contributed by atoms with Gasteiger partial charge in [-0.05, 0) is 25.8 Å². The second-order valence-electron chi connectivity index (χ2n) is 3.15. The molecule has 1 aromatic carbocycles. The Morgan fingerprint density at radius 1 is 1.23 bits per heavy atom. The Balaban J connectivity index is 2.50. The summed E-state index contributed by atoms with van der Waals surface area (Å²) in [5, 5.41) is 0. The Hall–Kier alpha value is -1.30. The van der Waals surface area contributed by atoms with Crippen molar-refractivity contribution in [2.24, 2.45) is 0 Å². The van der Waals surface area contributed by atoms with Gasteiger partial charge in [-0.1, -0.05) is 54.1 Å². The van der Waals surface area contributed by atoms with Gasteiger partial charge in [0, 0.05) is 0 Å². The van der Waals surface area contributed by atoms with E-state index < -0.39 is 0 Å². The Morgan fingerprint density at radius 3 is 2.54 bits per heavy atom. The highest BCUT2D eigenvalue weighted by Gasteiger charge is 1.83. The van der Waals surface area contributed by atoms with Crippen molar-refractivity contribution in [2.45, 2.75) is 20.3 Å². The molecule has 0 radical (unpaired) electrons. The molecule has 0 unspecified atom stereocenters. The molecule has 0 atom stereocenters. The van der Waals surface area contributed by atoms with Crippen LogP contribution in [0.5, 0.6) is 0 Å². The van der Waals surface area contributed by atoms with Crippen molar-refractivity contribution < 1.29 is 0 Å². The van der Waals surface area contributed by atoms with E-state index in [0.29, 0.717) is 0 Å². The minimum atomic E-state index is 1.05. The maximum atomic E-state index is 2.20. The van der Waals surface area contributed by atoms with Gasteiger partial charge in [0.2, 0.25) is 0 Å². The summed E-state index contributed by atoms with van der Waals surface area (Å²) in [6, 6.07) is 10.4. The average Bonchev–Trinajstić information content (AvgIpc) is 2.19. The second kappa shape index (κ2) is 5.36. The molecular formula is C13H16. The van der Waals surface area contributed by atoms with Crippen molar-refractivity contribution in [3.05, 3.63) is 53.6 Å². The van der Waals surface area contributed by atoms with Crippen LogP contribution in [0.4, 0.5) is 0 Å². The number of benzene rings is 1. The lowest BCUT2D eigenvalue weighted by Crippen LogP contribution is -1.72. The van der Waals surface area contributed by atoms with Crippen LogP contribution < -0.4 is 0 Å². The van der Waals surface area contributed by atoms with Crippen molar-refractivity contribution in [1.82, 2.24) is 0 Å². The molecule has 13 heavy (non-hydrogen) atoms. The van der Waals surface area contributed by atoms with Crippen LogP contribution in [0.15, 0.2) is 48.1 Å². The van der Waals surface area contributed by atoms with Crippen LogP contribution in [-0.2, 0) is 0 Å². The molecule has 0 saturated heterocycles. The quantitative estimate of drug-likeness (QED) is 0.603. The third-order valence-corrected chi connectivity index (χ3v) is 2.04. The lowest BCUT2D eigenvalue weighted by Gasteiger charge is -1.93. The standard InChI is InChI=1S/C13H16/c1-3-12(2)8-7-11-13-9-5-4-6-10-13/h3-7,9-11H,8H2,1-2H3. The number of rotatable bonds is 3. The normalized spacial score (nSPS) is 12.3. The molecule has 0 heterocycles. The Bertz CT molecular complexity index is 291. The summed E-state index contributed by atoms with van der Waals surface area (Å²) in [6.07, 6.45) is 7.55. The lowest BCUT2D eigenvalue weighted by atomic mass is 10.1. The Labute approximate surface area is 80.6 Å². The maximum Gasteiger partial charge on any atom is -0.0138 e. The highest BCUT2D eigenvalue weighted by Crippen LogP contribution is 2.05. The second-order valence-corrected chi connectivity index (χ2v) is 3.15. The van der Waals surface area contributed by atoms with Gasteiger partial charge in [0.05, 0.1) is 0 Å². The van der Waals surface area contributed by atoms with Crippen LogP contribution in [0.1, 0.15) is 25.8 Å². The predicted octanol–water partition coefficient (Wildman–Crippen LogP) is 4.06. The fourth-order valence-electron chi connectivity index (χ4n) is 1.06. The molecule has 0 aliphatic rings. The van der Waals surface area contributed by atoms with E-state index in [1.807, 2.05) is 6.07 Å². The third kappa shape index (κ3) is 3.75. The van der Waals surface area contributed by atoms with Gasteiger partial charge in [0.25, 0.3) is 0 Å². The molecule has 0 spiro atoms. The molecule has 0 aliphatic carbocycles. The van der Waals surface area contributed by atoms with Crippen LogP contribution in [0, 0.1) is 0 Å². The highest BCUT2D eigenvalue weighted by atomic mass is 13.9. The summed E-state index contributed by atoms with van der Waals surface area (Å²) in [5.41, 5.74) is 2.68. The van der Waals surface area contributed by atoms with E-state index in [1.165, 1.54) is 11.1 Å². The van der Waals surface area contributed by atoms with Gasteiger partial charge in [0.1, 0.15) is 0 Å². The molecule has 1 rings (SSSR count).